The van der Waals surface area contributed by atoms with Crippen LogP contribution in [-0.2, 0) is 0 Å². The normalized spacial score (nSPS) is 6.10. The van der Waals surface area contributed by atoms with Gasteiger partial charge in [-0.05, 0) is 0 Å². The molecule has 0 saturated heterocycles. The summed E-state index contributed by atoms with van der Waals surface area (Å²) in [4.78, 5) is 0. The van der Waals surface area contributed by atoms with Crippen molar-refractivity contribution in [3.05, 3.63) is 30.3 Å². The molecule has 1 rings (SSSR count). The van der Waals surface area contributed by atoms with Crippen molar-refractivity contribution in [3.63, 3.8) is 0 Å². The van der Waals surface area contributed by atoms with Gasteiger partial charge >= 0.3 is 51.2 Å². The molecule has 3 radical (unpaired) electrons. The SMILES string of the molecule is O.O.O.[Ge][c]1ccccc1. The standard InChI is InChI=1S/C6H5Ge.3H2O/c7-6-4-2-1-3-5-6;;;/h1-5H;3*1H2. The monoisotopic (exact) mass is 205 g/mol. The average molecular weight is 204 g/mol. The van der Waals surface area contributed by atoms with Gasteiger partial charge in [-0.25, -0.2) is 0 Å². The van der Waals surface area contributed by atoms with E-state index in [1.54, 1.807) is 0 Å². The summed E-state index contributed by atoms with van der Waals surface area (Å²) in [7, 11) is 0. The first kappa shape index (κ1) is 16.3. The van der Waals surface area contributed by atoms with Crippen molar-refractivity contribution in [3.8, 4) is 0 Å². The first-order chi connectivity index (χ1) is 3.39. The zero-order valence-electron chi connectivity index (χ0n) is 5.39. The molecule has 0 heterocycles. The summed E-state index contributed by atoms with van der Waals surface area (Å²) in [6, 6.07) is 10.3. The summed E-state index contributed by atoms with van der Waals surface area (Å²) in [5.74, 6) is 0. The second-order valence-corrected chi connectivity index (χ2v) is 2.58. The zero-order chi connectivity index (χ0) is 5.11. The van der Waals surface area contributed by atoms with Gasteiger partial charge in [-0.3, -0.25) is 0 Å². The first-order valence-corrected chi connectivity index (χ1v) is 3.21. The molecular formula is C6H11GeO3. The predicted molar refractivity (Wildman–Crippen MR) is 42.7 cm³/mol. The molecule has 0 bridgehead atoms. The molecule has 3 nitrogen and oxygen atoms in total. The van der Waals surface area contributed by atoms with Crippen LogP contribution in [0.25, 0.3) is 0 Å². The third-order valence-electron chi connectivity index (χ3n) is 0.774. The van der Waals surface area contributed by atoms with Gasteiger partial charge in [0.05, 0.1) is 0 Å². The Balaban J connectivity index is -0.000000163. The van der Waals surface area contributed by atoms with Gasteiger partial charge in [0.25, 0.3) is 0 Å². The molecule has 0 atom stereocenters. The maximum atomic E-state index is 2.08. The fourth-order valence-electron chi connectivity index (χ4n) is 0.438. The van der Waals surface area contributed by atoms with E-state index in [9.17, 15) is 0 Å². The van der Waals surface area contributed by atoms with Crippen molar-refractivity contribution in [1.29, 1.82) is 0 Å². The van der Waals surface area contributed by atoms with E-state index in [-0.39, 0.29) is 16.4 Å². The molecule has 1 aromatic rings. The molecule has 0 amide bonds. The van der Waals surface area contributed by atoms with Crippen LogP contribution in [0.2, 0.25) is 0 Å². The third kappa shape index (κ3) is 5.77. The van der Waals surface area contributed by atoms with Crippen LogP contribution in [0.5, 0.6) is 0 Å². The second kappa shape index (κ2) is 8.64. The molecule has 0 unspecified atom stereocenters. The molecule has 10 heavy (non-hydrogen) atoms. The maximum absolute atomic E-state index is 2.08. The van der Waals surface area contributed by atoms with Crippen LogP contribution in [0.3, 0.4) is 0 Å². The van der Waals surface area contributed by atoms with E-state index >= 15 is 0 Å². The fourth-order valence-corrected chi connectivity index (χ4v) is 0.842. The Bertz CT molecular complexity index is 143. The topological polar surface area (TPSA) is 94.5 Å². The van der Waals surface area contributed by atoms with E-state index in [0.29, 0.717) is 0 Å². The van der Waals surface area contributed by atoms with Gasteiger partial charge < -0.3 is 16.4 Å². The summed E-state index contributed by atoms with van der Waals surface area (Å²) in [6.45, 7) is 0. The van der Waals surface area contributed by atoms with E-state index in [4.69, 9.17) is 0 Å². The number of hydrogen-bond donors (Lipinski definition) is 0. The van der Waals surface area contributed by atoms with Crippen molar-refractivity contribution < 1.29 is 16.4 Å². The van der Waals surface area contributed by atoms with Crippen molar-refractivity contribution in [2.75, 3.05) is 0 Å². The number of benzene rings is 1. The molecule has 0 aliphatic carbocycles. The van der Waals surface area contributed by atoms with Crippen LogP contribution in [0.15, 0.2) is 30.3 Å². The third-order valence-corrected chi connectivity index (χ3v) is 1.47. The van der Waals surface area contributed by atoms with Crippen LogP contribution in [0.4, 0.5) is 0 Å². The van der Waals surface area contributed by atoms with Gasteiger partial charge in [-0.15, -0.1) is 0 Å². The second-order valence-electron chi connectivity index (χ2n) is 1.37. The Hall–Kier alpha value is -0.357. The van der Waals surface area contributed by atoms with E-state index in [1.807, 2.05) is 18.2 Å². The molecule has 0 spiro atoms. The van der Waals surface area contributed by atoms with E-state index in [2.05, 4.69) is 28.6 Å². The Morgan fingerprint density at radius 2 is 1.20 bits per heavy atom. The molecule has 0 aliphatic heterocycles. The van der Waals surface area contributed by atoms with Crippen LogP contribution in [0.1, 0.15) is 0 Å². The summed E-state index contributed by atoms with van der Waals surface area (Å²) in [5.41, 5.74) is 0. The van der Waals surface area contributed by atoms with Crippen molar-refractivity contribution in [2.45, 2.75) is 0 Å². The van der Waals surface area contributed by atoms with E-state index < -0.39 is 0 Å². The Morgan fingerprint density at radius 1 is 0.800 bits per heavy atom. The summed E-state index contributed by atoms with van der Waals surface area (Å²) >= 11 is 2.08. The van der Waals surface area contributed by atoms with Gasteiger partial charge in [0.15, 0.2) is 0 Å². The number of rotatable bonds is 0. The summed E-state index contributed by atoms with van der Waals surface area (Å²) in [5, 5.41) is 0. The van der Waals surface area contributed by atoms with Crippen LogP contribution in [-0.4, -0.2) is 32.9 Å². The number of hydrogen-bond acceptors (Lipinski definition) is 0. The minimum atomic E-state index is 0. The molecular weight excluding hydrogens is 193 g/mol. The molecule has 6 N–H and O–H groups in total. The predicted octanol–water partition coefficient (Wildman–Crippen LogP) is -1.99. The fraction of sp³-hybridized carbons (Fsp3) is 0. The van der Waals surface area contributed by atoms with Gasteiger partial charge in [0.2, 0.25) is 0 Å². The van der Waals surface area contributed by atoms with E-state index in [1.165, 1.54) is 4.40 Å². The van der Waals surface area contributed by atoms with Gasteiger partial charge in [0, 0.05) is 0 Å². The van der Waals surface area contributed by atoms with Crippen LogP contribution >= 0.6 is 0 Å². The van der Waals surface area contributed by atoms with Gasteiger partial charge in [0.1, 0.15) is 0 Å². The van der Waals surface area contributed by atoms with Gasteiger partial charge in [-0.2, -0.15) is 0 Å². The van der Waals surface area contributed by atoms with Crippen molar-refractivity contribution >= 4 is 20.9 Å². The molecule has 0 aromatic heterocycles. The zero-order valence-corrected chi connectivity index (χ0v) is 7.48. The molecule has 0 fully saturated rings. The molecule has 0 saturated carbocycles. The Kier molecular flexibility index (Phi) is 14.1. The van der Waals surface area contributed by atoms with Gasteiger partial charge in [-0.1, -0.05) is 0 Å². The quantitative estimate of drug-likeness (QED) is 0.437. The minimum absolute atomic E-state index is 0. The Labute approximate surface area is 68.2 Å². The van der Waals surface area contributed by atoms with Crippen molar-refractivity contribution in [1.82, 2.24) is 0 Å². The van der Waals surface area contributed by atoms with E-state index in [0.717, 1.165) is 0 Å². The molecule has 1 aromatic carbocycles. The molecule has 57 valence electrons. The van der Waals surface area contributed by atoms with Crippen molar-refractivity contribution in [2.24, 2.45) is 0 Å². The summed E-state index contributed by atoms with van der Waals surface area (Å²) < 4.78 is 1.32. The van der Waals surface area contributed by atoms with Crippen LogP contribution in [0, 0.1) is 0 Å². The summed E-state index contributed by atoms with van der Waals surface area (Å²) in [6.07, 6.45) is 0. The first-order valence-electron chi connectivity index (χ1n) is 2.16. The molecule has 0 aliphatic rings. The Morgan fingerprint density at radius 3 is 1.40 bits per heavy atom. The average Bonchev–Trinajstić information content (AvgIpc) is 1.69. The van der Waals surface area contributed by atoms with Crippen LogP contribution < -0.4 is 4.40 Å². The molecule has 4 heteroatoms.